The quantitative estimate of drug-likeness (QED) is 0.367. The van der Waals surface area contributed by atoms with Gasteiger partial charge >= 0.3 is 0 Å². The highest BCUT2D eigenvalue weighted by molar-refractivity contribution is 7.89. The van der Waals surface area contributed by atoms with Crippen LogP contribution in [0.4, 0.5) is 4.39 Å². The van der Waals surface area contributed by atoms with Gasteiger partial charge in [-0.15, -0.1) is 0 Å². The Kier molecular flexibility index (Phi) is 7.43. The smallest absolute Gasteiger partial charge is 0.252 e. The molecule has 0 aliphatic carbocycles. The summed E-state index contributed by atoms with van der Waals surface area (Å²) in [7, 11) is -1.62. The van der Waals surface area contributed by atoms with Crippen LogP contribution < -0.4 is 10.0 Å². The number of carbonyl (C=O) groups is 1. The van der Waals surface area contributed by atoms with E-state index >= 15 is 0 Å². The maximum absolute atomic E-state index is 13.4. The van der Waals surface area contributed by atoms with Gasteiger partial charge < -0.3 is 10.2 Å². The Labute approximate surface area is 225 Å². The molecule has 1 aromatic heterocycles. The van der Waals surface area contributed by atoms with Crippen LogP contribution in [0, 0.1) is 17.1 Å². The van der Waals surface area contributed by atoms with Crippen molar-refractivity contribution in [2.75, 3.05) is 20.1 Å². The summed E-state index contributed by atoms with van der Waals surface area (Å²) in [5, 5.41) is 17.3. The molecule has 2 N–H and O–H groups in total. The third-order valence-electron chi connectivity index (χ3n) is 6.86. The summed E-state index contributed by atoms with van der Waals surface area (Å²) in [6, 6.07) is 17.2. The fourth-order valence-electron chi connectivity index (χ4n) is 4.64. The second kappa shape index (κ2) is 10.9. The van der Waals surface area contributed by atoms with Gasteiger partial charge in [0.05, 0.1) is 39.5 Å². The van der Waals surface area contributed by atoms with Gasteiger partial charge in [0.15, 0.2) is 0 Å². The zero-order chi connectivity index (χ0) is 27.6. The van der Waals surface area contributed by atoms with Crippen LogP contribution in [-0.2, 0) is 16.6 Å². The Morgan fingerprint density at radius 3 is 2.46 bits per heavy atom. The largest absolute Gasteiger partial charge is 0.348 e. The average Bonchev–Trinajstić information content (AvgIpc) is 3.37. The van der Waals surface area contributed by atoms with E-state index in [-0.39, 0.29) is 34.4 Å². The first-order valence-corrected chi connectivity index (χ1v) is 14.0. The molecule has 2 heterocycles. The van der Waals surface area contributed by atoms with Crippen LogP contribution in [0.5, 0.6) is 0 Å². The van der Waals surface area contributed by atoms with Gasteiger partial charge in [-0.05, 0) is 87.1 Å². The number of halogens is 1. The highest BCUT2D eigenvalue weighted by atomic mass is 32.2. The molecule has 11 heteroatoms. The van der Waals surface area contributed by atoms with E-state index in [0.717, 1.165) is 31.5 Å². The van der Waals surface area contributed by atoms with Crippen molar-refractivity contribution in [3.05, 3.63) is 89.4 Å². The van der Waals surface area contributed by atoms with Gasteiger partial charge in [0.1, 0.15) is 5.82 Å². The molecule has 0 spiro atoms. The maximum Gasteiger partial charge on any atom is 0.252 e. The molecular formula is C28H27FN6O3S. The lowest BCUT2D eigenvalue weighted by Crippen LogP contribution is -2.43. The molecule has 3 aromatic carbocycles. The van der Waals surface area contributed by atoms with Crippen molar-refractivity contribution in [3.63, 3.8) is 0 Å². The SMILES string of the molecule is CN1CCC(NS(=O)(=O)c2ccc(CNC(=O)c3cc(C#N)cc4c3cnn4-c3ccc(F)cc3)cc2)CC1. The van der Waals surface area contributed by atoms with E-state index in [9.17, 15) is 22.9 Å². The third-order valence-corrected chi connectivity index (χ3v) is 8.40. The highest BCUT2D eigenvalue weighted by Gasteiger charge is 2.23. The number of fused-ring (bicyclic) bond motifs is 1. The molecule has 4 aromatic rings. The first kappa shape index (κ1) is 26.5. The number of nitrogens with zero attached hydrogens (tertiary/aromatic N) is 4. The number of amides is 1. The Morgan fingerprint density at radius 1 is 1.10 bits per heavy atom. The summed E-state index contributed by atoms with van der Waals surface area (Å²) in [6.45, 7) is 1.86. The van der Waals surface area contributed by atoms with E-state index in [0.29, 0.717) is 16.6 Å². The van der Waals surface area contributed by atoms with E-state index in [2.05, 4.69) is 26.1 Å². The molecule has 39 heavy (non-hydrogen) atoms. The number of carbonyl (C=O) groups excluding carboxylic acids is 1. The fraction of sp³-hybridized carbons (Fsp3) is 0.250. The molecule has 0 atom stereocenters. The van der Waals surface area contributed by atoms with Crippen molar-refractivity contribution < 1.29 is 17.6 Å². The third kappa shape index (κ3) is 5.83. The van der Waals surface area contributed by atoms with Gasteiger partial charge in [-0.3, -0.25) is 4.79 Å². The van der Waals surface area contributed by atoms with Crippen molar-refractivity contribution in [2.45, 2.75) is 30.3 Å². The molecule has 9 nitrogen and oxygen atoms in total. The average molecular weight is 547 g/mol. The number of hydrogen-bond acceptors (Lipinski definition) is 6. The number of benzene rings is 3. The number of likely N-dealkylation sites (tertiary alicyclic amines) is 1. The molecule has 200 valence electrons. The Hall–Kier alpha value is -4.11. The predicted octanol–water partition coefficient (Wildman–Crippen LogP) is 3.34. The van der Waals surface area contributed by atoms with E-state index in [1.165, 1.54) is 36.5 Å². The first-order chi connectivity index (χ1) is 18.7. The topological polar surface area (TPSA) is 120 Å². The summed E-state index contributed by atoms with van der Waals surface area (Å²) < 4.78 is 43.3. The summed E-state index contributed by atoms with van der Waals surface area (Å²) >= 11 is 0. The number of rotatable bonds is 7. The fourth-order valence-corrected chi connectivity index (χ4v) is 5.95. The van der Waals surface area contributed by atoms with Gasteiger partial charge in [0, 0.05) is 18.0 Å². The Bertz CT molecular complexity index is 1650. The minimum Gasteiger partial charge on any atom is -0.348 e. The van der Waals surface area contributed by atoms with E-state index in [4.69, 9.17) is 0 Å². The molecule has 0 saturated carbocycles. The zero-order valence-corrected chi connectivity index (χ0v) is 22.1. The van der Waals surface area contributed by atoms with Crippen LogP contribution in [0.1, 0.15) is 34.3 Å². The normalized spacial score (nSPS) is 14.8. The molecule has 1 saturated heterocycles. The van der Waals surface area contributed by atoms with Crippen molar-refractivity contribution >= 4 is 26.8 Å². The molecule has 0 bridgehead atoms. The highest BCUT2D eigenvalue weighted by Crippen LogP contribution is 2.24. The lowest BCUT2D eigenvalue weighted by Gasteiger charge is -2.29. The lowest BCUT2D eigenvalue weighted by molar-refractivity contribution is 0.0952. The molecule has 5 rings (SSSR count). The molecule has 0 unspecified atom stereocenters. The zero-order valence-electron chi connectivity index (χ0n) is 21.3. The molecule has 1 aliphatic heterocycles. The monoisotopic (exact) mass is 546 g/mol. The summed E-state index contributed by atoms with van der Waals surface area (Å²) in [5.74, 6) is -0.788. The molecule has 1 fully saturated rings. The lowest BCUT2D eigenvalue weighted by atomic mass is 10.1. The molecule has 0 radical (unpaired) electrons. The number of nitriles is 1. The van der Waals surface area contributed by atoms with Crippen molar-refractivity contribution in [1.29, 1.82) is 5.26 Å². The van der Waals surface area contributed by atoms with E-state index in [1.54, 1.807) is 35.0 Å². The van der Waals surface area contributed by atoms with Crippen molar-refractivity contribution in [1.82, 2.24) is 24.7 Å². The number of hydrogen-bond donors (Lipinski definition) is 2. The van der Waals surface area contributed by atoms with Gasteiger partial charge in [-0.1, -0.05) is 12.1 Å². The standard InChI is InChI=1S/C28H27FN6O3S/c1-34-12-10-22(11-13-34)33-39(37,38)24-8-2-19(3-9-24)17-31-28(36)25-14-20(16-30)15-27-26(25)18-32-35(27)23-6-4-21(29)5-7-23/h2-9,14-15,18,22,33H,10-13,17H2,1H3,(H,31,36). The second-order valence-electron chi connectivity index (χ2n) is 9.63. The summed E-state index contributed by atoms with van der Waals surface area (Å²) in [6.07, 6.45) is 3.07. The summed E-state index contributed by atoms with van der Waals surface area (Å²) in [5.41, 5.74) is 2.41. The number of nitrogens with one attached hydrogen (secondary N) is 2. The van der Waals surface area contributed by atoms with Crippen molar-refractivity contribution in [2.24, 2.45) is 0 Å². The van der Waals surface area contributed by atoms with Gasteiger partial charge in [0.25, 0.3) is 5.91 Å². The Balaban J connectivity index is 1.30. The predicted molar refractivity (Wildman–Crippen MR) is 144 cm³/mol. The first-order valence-electron chi connectivity index (χ1n) is 12.5. The number of aromatic nitrogens is 2. The van der Waals surface area contributed by atoms with Crippen LogP contribution in [-0.4, -0.2) is 55.2 Å². The van der Waals surface area contributed by atoms with Crippen LogP contribution in [0.25, 0.3) is 16.6 Å². The molecular weight excluding hydrogens is 519 g/mol. The van der Waals surface area contributed by atoms with Crippen molar-refractivity contribution in [3.8, 4) is 11.8 Å². The number of piperidine rings is 1. The minimum atomic E-state index is -3.64. The van der Waals surface area contributed by atoms with Gasteiger partial charge in [0.2, 0.25) is 10.0 Å². The van der Waals surface area contributed by atoms with Crippen LogP contribution in [0.2, 0.25) is 0 Å². The van der Waals surface area contributed by atoms with Gasteiger partial charge in [-0.2, -0.15) is 10.4 Å². The number of sulfonamides is 1. The van der Waals surface area contributed by atoms with Crippen LogP contribution >= 0.6 is 0 Å². The molecule has 1 aliphatic rings. The molecule has 1 amide bonds. The van der Waals surface area contributed by atoms with Crippen LogP contribution in [0.15, 0.2) is 71.8 Å². The maximum atomic E-state index is 13.4. The van der Waals surface area contributed by atoms with E-state index < -0.39 is 15.9 Å². The van der Waals surface area contributed by atoms with Gasteiger partial charge in [-0.25, -0.2) is 22.2 Å². The Morgan fingerprint density at radius 2 is 1.79 bits per heavy atom. The summed E-state index contributed by atoms with van der Waals surface area (Å²) in [4.78, 5) is 15.5. The second-order valence-corrected chi connectivity index (χ2v) is 11.3. The van der Waals surface area contributed by atoms with Crippen LogP contribution in [0.3, 0.4) is 0 Å². The van der Waals surface area contributed by atoms with E-state index in [1.807, 2.05) is 7.05 Å². The minimum absolute atomic E-state index is 0.0846.